The van der Waals surface area contributed by atoms with Crippen LogP contribution in [0.25, 0.3) is 0 Å². The SMILES string of the molecule is NC(=O)CC[C@H](NC(=O)[C@H]1CCC(=O)N1)C(=O)[O-]. The van der Waals surface area contributed by atoms with Crippen molar-refractivity contribution in [1.82, 2.24) is 10.6 Å². The van der Waals surface area contributed by atoms with E-state index in [1.54, 1.807) is 0 Å². The van der Waals surface area contributed by atoms with Gasteiger partial charge in [-0.3, -0.25) is 14.4 Å². The molecule has 1 aliphatic rings. The van der Waals surface area contributed by atoms with Crippen LogP contribution in [-0.2, 0) is 19.2 Å². The van der Waals surface area contributed by atoms with E-state index in [1.807, 2.05) is 0 Å². The Hall–Kier alpha value is -2.12. The molecule has 0 bridgehead atoms. The largest absolute Gasteiger partial charge is 0.548 e. The first-order valence-electron chi connectivity index (χ1n) is 5.49. The van der Waals surface area contributed by atoms with Gasteiger partial charge in [-0.2, -0.15) is 0 Å². The molecule has 1 heterocycles. The second kappa shape index (κ2) is 5.99. The summed E-state index contributed by atoms with van der Waals surface area (Å²) in [5, 5.41) is 15.4. The predicted molar refractivity (Wildman–Crippen MR) is 56.5 cm³/mol. The van der Waals surface area contributed by atoms with E-state index in [0.717, 1.165) is 0 Å². The van der Waals surface area contributed by atoms with Crippen molar-refractivity contribution in [2.45, 2.75) is 37.8 Å². The standard InChI is InChI=1S/C10H15N3O5/c11-7(14)3-1-6(10(17)18)13-9(16)5-2-4-8(15)12-5/h5-6H,1-4H2,(H2,11,14)(H,12,15)(H,13,16)(H,17,18)/p-1/t5-,6+/m1/s1. The van der Waals surface area contributed by atoms with Crippen LogP contribution in [0, 0.1) is 0 Å². The van der Waals surface area contributed by atoms with Gasteiger partial charge in [-0.15, -0.1) is 0 Å². The third-order valence-corrected chi connectivity index (χ3v) is 2.59. The number of carboxylic acids is 1. The lowest BCUT2D eigenvalue weighted by Gasteiger charge is -2.21. The Morgan fingerprint density at radius 3 is 2.61 bits per heavy atom. The number of rotatable bonds is 6. The van der Waals surface area contributed by atoms with Gasteiger partial charge in [0, 0.05) is 12.8 Å². The number of nitrogens with two attached hydrogens (primary N) is 1. The Kier molecular flexibility index (Phi) is 4.64. The number of amides is 3. The monoisotopic (exact) mass is 256 g/mol. The van der Waals surface area contributed by atoms with E-state index < -0.39 is 29.9 Å². The Morgan fingerprint density at radius 1 is 1.50 bits per heavy atom. The molecule has 0 aromatic carbocycles. The van der Waals surface area contributed by atoms with Crippen molar-refractivity contribution in [3.05, 3.63) is 0 Å². The van der Waals surface area contributed by atoms with Crippen LogP contribution in [-0.4, -0.2) is 35.8 Å². The quantitative estimate of drug-likeness (QED) is 0.458. The molecule has 0 aromatic rings. The van der Waals surface area contributed by atoms with Crippen molar-refractivity contribution in [3.8, 4) is 0 Å². The van der Waals surface area contributed by atoms with Gasteiger partial charge >= 0.3 is 0 Å². The molecule has 0 saturated carbocycles. The molecule has 0 aliphatic carbocycles. The van der Waals surface area contributed by atoms with E-state index in [-0.39, 0.29) is 25.2 Å². The van der Waals surface area contributed by atoms with E-state index in [1.165, 1.54) is 0 Å². The lowest BCUT2D eigenvalue weighted by atomic mass is 10.1. The number of hydrogen-bond acceptors (Lipinski definition) is 5. The zero-order valence-electron chi connectivity index (χ0n) is 9.60. The molecule has 0 radical (unpaired) electrons. The van der Waals surface area contributed by atoms with E-state index in [9.17, 15) is 24.3 Å². The van der Waals surface area contributed by atoms with Crippen molar-refractivity contribution >= 4 is 23.7 Å². The number of hydrogen-bond donors (Lipinski definition) is 3. The van der Waals surface area contributed by atoms with Crippen LogP contribution in [0.5, 0.6) is 0 Å². The fourth-order valence-corrected chi connectivity index (χ4v) is 1.62. The highest BCUT2D eigenvalue weighted by Gasteiger charge is 2.28. The van der Waals surface area contributed by atoms with Crippen molar-refractivity contribution in [1.29, 1.82) is 0 Å². The maximum atomic E-state index is 11.6. The summed E-state index contributed by atoms with van der Waals surface area (Å²) >= 11 is 0. The van der Waals surface area contributed by atoms with Crippen molar-refractivity contribution in [2.75, 3.05) is 0 Å². The van der Waals surface area contributed by atoms with E-state index in [0.29, 0.717) is 6.42 Å². The highest BCUT2D eigenvalue weighted by Crippen LogP contribution is 2.07. The van der Waals surface area contributed by atoms with Crippen LogP contribution in [0.3, 0.4) is 0 Å². The predicted octanol–water partition coefficient (Wildman–Crippen LogP) is -3.23. The van der Waals surface area contributed by atoms with Crippen molar-refractivity contribution in [2.24, 2.45) is 5.73 Å². The Balaban J connectivity index is 2.49. The number of aliphatic carboxylic acids is 1. The molecule has 0 aromatic heterocycles. The summed E-state index contributed by atoms with van der Waals surface area (Å²) in [6.07, 6.45) is 0.246. The third-order valence-electron chi connectivity index (χ3n) is 2.59. The first-order valence-corrected chi connectivity index (χ1v) is 5.49. The second-order valence-electron chi connectivity index (χ2n) is 4.04. The molecular formula is C10H14N3O5-. The Labute approximate surface area is 103 Å². The van der Waals surface area contributed by atoms with Gasteiger partial charge in [-0.1, -0.05) is 0 Å². The van der Waals surface area contributed by atoms with E-state index >= 15 is 0 Å². The van der Waals surface area contributed by atoms with Gasteiger partial charge in [0.15, 0.2) is 0 Å². The summed E-state index contributed by atoms with van der Waals surface area (Å²) in [4.78, 5) is 43.8. The van der Waals surface area contributed by atoms with Gasteiger partial charge in [-0.05, 0) is 12.8 Å². The zero-order valence-corrected chi connectivity index (χ0v) is 9.60. The molecule has 1 fully saturated rings. The minimum absolute atomic E-state index is 0.135. The number of primary amides is 1. The maximum Gasteiger partial charge on any atom is 0.243 e. The summed E-state index contributed by atoms with van der Waals surface area (Å²) in [7, 11) is 0. The van der Waals surface area contributed by atoms with Gasteiger partial charge < -0.3 is 26.3 Å². The molecule has 1 rings (SSSR count). The van der Waals surface area contributed by atoms with Gasteiger partial charge in [0.1, 0.15) is 6.04 Å². The summed E-state index contributed by atoms with van der Waals surface area (Å²) in [6.45, 7) is 0. The highest BCUT2D eigenvalue weighted by atomic mass is 16.4. The van der Waals surface area contributed by atoms with E-state index in [2.05, 4.69) is 10.6 Å². The molecule has 3 amide bonds. The average molecular weight is 256 g/mol. The average Bonchev–Trinajstić information content (AvgIpc) is 2.70. The molecule has 1 saturated heterocycles. The zero-order chi connectivity index (χ0) is 13.7. The summed E-state index contributed by atoms with van der Waals surface area (Å²) < 4.78 is 0. The Morgan fingerprint density at radius 2 is 2.17 bits per heavy atom. The minimum atomic E-state index is -1.49. The normalized spacial score (nSPS) is 20.0. The molecule has 4 N–H and O–H groups in total. The summed E-state index contributed by atoms with van der Waals surface area (Å²) in [5.74, 6) is -3.00. The van der Waals surface area contributed by atoms with Gasteiger partial charge in [0.25, 0.3) is 0 Å². The van der Waals surface area contributed by atoms with E-state index in [4.69, 9.17) is 5.73 Å². The summed E-state index contributed by atoms with van der Waals surface area (Å²) in [6, 6.07) is -2.02. The summed E-state index contributed by atoms with van der Waals surface area (Å²) in [5.41, 5.74) is 4.89. The minimum Gasteiger partial charge on any atom is -0.548 e. The Bertz CT molecular complexity index is 382. The van der Waals surface area contributed by atoms with Crippen LogP contribution in [0.15, 0.2) is 0 Å². The van der Waals surface area contributed by atoms with Crippen LogP contribution >= 0.6 is 0 Å². The number of carboxylic acid groups (broad SMARTS) is 1. The molecule has 18 heavy (non-hydrogen) atoms. The van der Waals surface area contributed by atoms with Crippen LogP contribution in [0.1, 0.15) is 25.7 Å². The topological polar surface area (TPSA) is 141 Å². The lowest BCUT2D eigenvalue weighted by Crippen LogP contribution is -2.52. The van der Waals surface area contributed by atoms with Crippen LogP contribution < -0.4 is 21.5 Å². The van der Waals surface area contributed by atoms with Crippen LogP contribution in [0.2, 0.25) is 0 Å². The molecule has 8 heteroatoms. The molecule has 8 nitrogen and oxygen atoms in total. The third kappa shape index (κ3) is 4.04. The molecule has 0 unspecified atom stereocenters. The molecule has 1 aliphatic heterocycles. The van der Waals surface area contributed by atoms with Crippen LogP contribution in [0.4, 0.5) is 0 Å². The fourth-order valence-electron chi connectivity index (χ4n) is 1.62. The smallest absolute Gasteiger partial charge is 0.243 e. The second-order valence-corrected chi connectivity index (χ2v) is 4.04. The van der Waals surface area contributed by atoms with Gasteiger partial charge in [-0.25, -0.2) is 0 Å². The first-order chi connectivity index (χ1) is 8.40. The number of nitrogens with one attached hydrogen (secondary N) is 2. The van der Waals surface area contributed by atoms with Gasteiger partial charge in [0.05, 0.1) is 12.0 Å². The first kappa shape index (κ1) is 13.9. The van der Waals surface area contributed by atoms with Gasteiger partial charge in [0.2, 0.25) is 17.7 Å². The molecule has 100 valence electrons. The maximum absolute atomic E-state index is 11.6. The highest BCUT2D eigenvalue weighted by molar-refractivity contribution is 5.92. The van der Waals surface area contributed by atoms with Crippen molar-refractivity contribution < 1.29 is 24.3 Å². The molecule has 0 spiro atoms. The molecular weight excluding hydrogens is 242 g/mol. The fraction of sp³-hybridized carbons (Fsp3) is 0.600. The number of carbonyl (C=O) groups is 4. The lowest BCUT2D eigenvalue weighted by molar-refractivity contribution is -0.308. The molecule has 2 atom stereocenters. The number of carbonyl (C=O) groups excluding carboxylic acids is 4. The van der Waals surface area contributed by atoms with Crippen molar-refractivity contribution in [3.63, 3.8) is 0 Å².